The third-order valence-electron chi connectivity index (χ3n) is 3.41. The molecule has 3 N–H and O–H groups in total. The molecular weight excluding hydrogens is 252 g/mol. The summed E-state index contributed by atoms with van der Waals surface area (Å²) >= 11 is 0. The number of sulfone groups is 1. The van der Waals surface area contributed by atoms with Gasteiger partial charge in [-0.2, -0.15) is 0 Å². The molecule has 0 aromatic carbocycles. The van der Waals surface area contributed by atoms with E-state index >= 15 is 0 Å². The van der Waals surface area contributed by atoms with Crippen LogP contribution in [-0.4, -0.2) is 29.5 Å². The van der Waals surface area contributed by atoms with Crippen LogP contribution in [0, 0.1) is 5.92 Å². The predicted molar refractivity (Wildman–Crippen MR) is 69.3 cm³/mol. The number of hydrogen-bond donors (Lipinski definition) is 2. The number of hydrogen-bond acceptors (Lipinski definition) is 5. The Morgan fingerprint density at radius 1 is 1.67 bits per heavy atom. The standard InChI is InChI=1S/C11H20N4O2S/c1-2-5-15-6-4-13-11(15)10(14-12)9-3-7-18(16,17)8-9/h4,6,9-10,14H,2-3,5,7-8,12H2,1H3. The van der Waals surface area contributed by atoms with Gasteiger partial charge in [-0.05, 0) is 18.8 Å². The molecule has 0 amide bonds. The molecule has 2 atom stereocenters. The quantitative estimate of drug-likeness (QED) is 0.591. The van der Waals surface area contributed by atoms with Crippen molar-refractivity contribution in [1.29, 1.82) is 0 Å². The second kappa shape index (κ2) is 5.38. The first kappa shape index (κ1) is 13.5. The van der Waals surface area contributed by atoms with Gasteiger partial charge < -0.3 is 4.57 Å². The SMILES string of the molecule is CCCn1ccnc1C(NN)C1CCS(=O)(=O)C1. The van der Waals surface area contributed by atoms with Gasteiger partial charge in [0.2, 0.25) is 0 Å². The summed E-state index contributed by atoms with van der Waals surface area (Å²) in [6, 6.07) is -0.191. The average molecular weight is 272 g/mol. The molecule has 18 heavy (non-hydrogen) atoms. The Balaban J connectivity index is 2.20. The van der Waals surface area contributed by atoms with Gasteiger partial charge in [-0.15, -0.1) is 0 Å². The summed E-state index contributed by atoms with van der Waals surface area (Å²) in [6.45, 7) is 2.96. The molecule has 1 aromatic rings. The summed E-state index contributed by atoms with van der Waals surface area (Å²) in [7, 11) is -2.90. The van der Waals surface area contributed by atoms with E-state index in [1.807, 2.05) is 10.8 Å². The first-order valence-corrected chi connectivity index (χ1v) is 8.07. The minimum Gasteiger partial charge on any atom is -0.334 e. The van der Waals surface area contributed by atoms with Gasteiger partial charge in [-0.3, -0.25) is 5.84 Å². The molecule has 2 unspecified atom stereocenters. The van der Waals surface area contributed by atoms with Crippen molar-refractivity contribution in [3.05, 3.63) is 18.2 Å². The van der Waals surface area contributed by atoms with Crippen LogP contribution in [0.3, 0.4) is 0 Å². The van der Waals surface area contributed by atoms with E-state index in [9.17, 15) is 8.42 Å². The highest BCUT2D eigenvalue weighted by molar-refractivity contribution is 7.91. The van der Waals surface area contributed by atoms with Gasteiger partial charge in [-0.1, -0.05) is 6.92 Å². The third-order valence-corrected chi connectivity index (χ3v) is 5.20. The van der Waals surface area contributed by atoms with Gasteiger partial charge in [0.25, 0.3) is 0 Å². The highest BCUT2D eigenvalue weighted by Gasteiger charge is 2.35. The molecule has 2 rings (SSSR count). The van der Waals surface area contributed by atoms with E-state index < -0.39 is 9.84 Å². The molecule has 7 heteroatoms. The molecule has 1 aromatic heterocycles. The summed E-state index contributed by atoms with van der Waals surface area (Å²) in [5, 5.41) is 0. The number of hydrazine groups is 1. The van der Waals surface area contributed by atoms with Crippen molar-refractivity contribution < 1.29 is 8.42 Å². The summed E-state index contributed by atoms with van der Waals surface area (Å²) < 4.78 is 25.1. The zero-order valence-corrected chi connectivity index (χ0v) is 11.4. The molecule has 1 saturated heterocycles. The lowest BCUT2D eigenvalue weighted by Crippen LogP contribution is -2.36. The van der Waals surface area contributed by atoms with E-state index in [2.05, 4.69) is 17.3 Å². The highest BCUT2D eigenvalue weighted by Crippen LogP contribution is 2.30. The van der Waals surface area contributed by atoms with Crippen molar-refractivity contribution in [3.63, 3.8) is 0 Å². The minimum atomic E-state index is -2.90. The van der Waals surface area contributed by atoms with E-state index in [1.54, 1.807) is 6.20 Å². The van der Waals surface area contributed by atoms with Gasteiger partial charge in [-0.25, -0.2) is 18.8 Å². The van der Waals surface area contributed by atoms with Gasteiger partial charge in [0.1, 0.15) is 5.82 Å². The summed E-state index contributed by atoms with van der Waals surface area (Å²) in [6.07, 6.45) is 5.30. The number of imidazole rings is 1. The molecule has 0 aliphatic carbocycles. The number of aryl methyl sites for hydroxylation is 1. The van der Waals surface area contributed by atoms with Gasteiger partial charge in [0, 0.05) is 18.9 Å². The van der Waals surface area contributed by atoms with E-state index in [4.69, 9.17) is 5.84 Å². The zero-order valence-electron chi connectivity index (χ0n) is 10.5. The van der Waals surface area contributed by atoms with Gasteiger partial charge in [0.05, 0.1) is 17.5 Å². The average Bonchev–Trinajstić information content (AvgIpc) is 2.89. The lowest BCUT2D eigenvalue weighted by molar-refractivity contribution is 0.369. The fourth-order valence-corrected chi connectivity index (χ4v) is 4.38. The lowest BCUT2D eigenvalue weighted by atomic mass is 9.99. The van der Waals surface area contributed by atoms with Crippen LogP contribution in [0.25, 0.3) is 0 Å². The first-order valence-electron chi connectivity index (χ1n) is 6.25. The third kappa shape index (κ3) is 2.73. The molecular formula is C11H20N4O2S. The summed E-state index contributed by atoms with van der Waals surface area (Å²) in [5.74, 6) is 6.90. The number of nitrogens with zero attached hydrogens (tertiary/aromatic N) is 2. The molecule has 1 aliphatic heterocycles. The molecule has 1 aliphatic rings. The monoisotopic (exact) mass is 272 g/mol. The Morgan fingerprint density at radius 3 is 3.00 bits per heavy atom. The van der Waals surface area contributed by atoms with Crippen molar-refractivity contribution in [2.24, 2.45) is 11.8 Å². The topological polar surface area (TPSA) is 90.0 Å². The molecule has 2 heterocycles. The maximum atomic E-state index is 11.5. The van der Waals surface area contributed by atoms with Crippen molar-refractivity contribution in [2.75, 3.05) is 11.5 Å². The fraction of sp³-hybridized carbons (Fsp3) is 0.727. The Kier molecular flexibility index (Phi) is 4.04. The Hall–Kier alpha value is -0.920. The largest absolute Gasteiger partial charge is 0.334 e. The van der Waals surface area contributed by atoms with Gasteiger partial charge in [0.15, 0.2) is 9.84 Å². The van der Waals surface area contributed by atoms with Crippen LogP contribution in [0.5, 0.6) is 0 Å². The van der Waals surface area contributed by atoms with Crippen LogP contribution < -0.4 is 11.3 Å². The number of rotatable bonds is 5. The van der Waals surface area contributed by atoms with Crippen molar-refractivity contribution in [2.45, 2.75) is 32.4 Å². The van der Waals surface area contributed by atoms with E-state index in [-0.39, 0.29) is 23.5 Å². The number of nitrogens with one attached hydrogen (secondary N) is 1. The van der Waals surface area contributed by atoms with E-state index in [1.165, 1.54) is 0 Å². The minimum absolute atomic E-state index is 0.0120. The maximum absolute atomic E-state index is 11.5. The van der Waals surface area contributed by atoms with Crippen LogP contribution >= 0.6 is 0 Å². The lowest BCUT2D eigenvalue weighted by Gasteiger charge is -2.22. The summed E-state index contributed by atoms with van der Waals surface area (Å²) in [4.78, 5) is 4.32. The highest BCUT2D eigenvalue weighted by atomic mass is 32.2. The van der Waals surface area contributed by atoms with Crippen molar-refractivity contribution in [3.8, 4) is 0 Å². The molecule has 0 radical (unpaired) electrons. The van der Waals surface area contributed by atoms with Crippen LogP contribution in [-0.2, 0) is 16.4 Å². The second-order valence-corrected chi connectivity index (χ2v) is 7.02. The Bertz CT molecular complexity index is 497. The van der Waals surface area contributed by atoms with E-state index in [0.29, 0.717) is 6.42 Å². The van der Waals surface area contributed by atoms with E-state index in [0.717, 1.165) is 18.8 Å². The second-order valence-electron chi connectivity index (χ2n) is 4.79. The molecule has 6 nitrogen and oxygen atoms in total. The zero-order chi connectivity index (χ0) is 13.2. The fourth-order valence-electron chi connectivity index (χ4n) is 2.54. The van der Waals surface area contributed by atoms with Crippen molar-refractivity contribution >= 4 is 9.84 Å². The maximum Gasteiger partial charge on any atom is 0.150 e. The number of nitrogens with two attached hydrogens (primary N) is 1. The number of aromatic nitrogens is 2. The van der Waals surface area contributed by atoms with Crippen LogP contribution in [0.2, 0.25) is 0 Å². The molecule has 0 bridgehead atoms. The normalized spacial score (nSPS) is 24.2. The molecule has 0 spiro atoms. The Morgan fingerprint density at radius 2 is 2.44 bits per heavy atom. The Labute approximate surface area is 107 Å². The smallest absolute Gasteiger partial charge is 0.150 e. The molecule has 0 saturated carbocycles. The van der Waals surface area contributed by atoms with Crippen LogP contribution in [0.1, 0.15) is 31.6 Å². The van der Waals surface area contributed by atoms with Gasteiger partial charge >= 0.3 is 0 Å². The molecule has 1 fully saturated rings. The first-order chi connectivity index (χ1) is 8.57. The summed E-state index contributed by atoms with van der Waals surface area (Å²) in [5.41, 5.74) is 2.74. The van der Waals surface area contributed by atoms with Crippen LogP contribution in [0.15, 0.2) is 12.4 Å². The van der Waals surface area contributed by atoms with Crippen LogP contribution in [0.4, 0.5) is 0 Å². The predicted octanol–water partition coefficient (Wildman–Crippen LogP) is 0.232. The molecule has 102 valence electrons. The van der Waals surface area contributed by atoms with Crippen molar-refractivity contribution in [1.82, 2.24) is 15.0 Å².